The van der Waals surface area contributed by atoms with Crippen LogP contribution in [0.15, 0.2) is 29.3 Å². The molecule has 5 N–H and O–H groups in total. The highest BCUT2D eigenvalue weighted by molar-refractivity contribution is 7.93. The minimum Gasteiger partial charge on any atom is -0.399 e. The SMILES string of the molecule is Cc1n[nH]c(C)c1NS(=O)(=O)c1c[nH]c2cc(N)ccc12. The van der Waals surface area contributed by atoms with Gasteiger partial charge in [0.2, 0.25) is 0 Å². The molecule has 0 saturated heterocycles. The number of nitrogen functional groups attached to an aromatic ring is 1. The molecule has 0 fully saturated rings. The number of nitrogens with zero attached hydrogens (tertiary/aromatic N) is 1. The highest BCUT2D eigenvalue weighted by atomic mass is 32.2. The van der Waals surface area contributed by atoms with Crippen LogP contribution >= 0.6 is 0 Å². The lowest BCUT2D eigenvalue weighted by Crippen LogP contribution is -2.13. The third kappa shape index (κ3) is 2.23. The largest absolute Gasteiger partial charge is 0.399 e. The summed E-state index contributed by atoms with van der Waals surface area (Å²) in [6, 6.07) is 5.05. The van der Waals surface area contributed by atoms with Gasteiger partial charge >= 0.3 is 0 Å². The Labute approximate surface area is 121 Å². The van der Waals surface area contributed by atoms with Crippen LogP contribution in [0.25, 0.3) is 10.9 Å². The van der Waals surface area contributed by atoms with Crippen molar-refractivity contribution in [3.63, 3.8) is 0 Å². The van der Waals surface area contributed by atoms with Gasteiger partial charge in [-0.05, 0) is 32.0 Å². The van der Waals surface area contributed by atoms with Crippen molar-refractivity contribution >= 4 is 32.3 Å². The maximum atomic E-state index is 12.6. The molecule has 0 atom stereocenters. The molecule has 0 radical (unpaired) electrons. The highest BCUT2D eigenvalue weighted by Crippen LogP contribution is 2.27. The molecule has 0 aliphatic heterocycles. The van der Waals surface area contributed by atoms with Gasteiger partial charge in [0.05, 0.1) is 17.1 Å². The second-order valence-electron chi connectivity index (χ2n) is 4.87. The molecule has 7 nitrogen and oxygen atoms in total. The van der Waals surface area contributed by atoms with Gasteiger partial charge in [-0.3, -0.25) is 9.82 Å². The number of aromatic nitrogens is 3. The lowest BCUT2D eigenvalue weighted by atomic mass is 10.2. The van der Waals surface area contributed by atoms with Crippen LogP contribution in [0.2, 0.25) is 0 Å². The quantitative estimate of drug-likeness (QED) is 0.553. The van der Waals surface area contributed by atoms with Crippen LogP contribution in [-0.4, -0.2) is 23.6 Å². The number of anilines is 2. The summed E-state index contributed by atoms with van der Waals surface area (Å²) in [6.45, 7) is 3.49. The predicted octanol–water partition coefficient (Wildman–Crippen LogP) is 1.89. The first-order chi connectivity index (χ1) is 9.88. The number of H-pyrrole nitrogens is 2. The molecule has 21 heavy (non-hydrogen) atoms. The van der Waals surface area contributed by atoms with Gasteiger partial charge in [0, 0.05) is 22.8 Å². The molecule has 3 aromatic rings. The molecule has 1 aromatic carbocycles. The number of rotatable bonds is 3. The summed E-state index contributed by atoms with van der Waals surface area (Å²) in [5.74, 6) is 0. The second kappa shape index (κ2) is 4.52. The topological polar surface area (TPSA) is 117 Å². The standard InChI is InChI=1S/C13H15N5O2S/c1-7-13(8(2)17-16-7)18-21(19,20)12-6-15-11-5-9(14)3-4-10(11)12/h3-6,15,18H,14H2,1-2H3,(H,16,17). The zero-order valence-electron chi connectivity index (χ0n) is 11.6. The summed E-state index contributed by atoms with van der Waals surface area (Å²) in [4.78, 5) is 3.10. The average Bonchev–Trinajstić information content (AvgIpc) is 2.97. The lowest BCUT2D eigenvalue weighted by molar-refractivity contribution is 0.602. The number of fused-ring (bicyclic) bond motifs is 1. The van der Waals surface area contributed by atoms with Crippen molar-refractivity contribution in [3.05, 3.63) is 35.8 Å². The van der Waals surface area contributed by atoms with E-state index in [9.17, 15) is 8.42 Å². The molecule has 2 heterocycles. The van der Waals surface area contributed by atoms with Crippen molar-refractivity contribution in [1.29, 1.82) is 0 Å². The molecule has 0 saturated carbocycles. The van der Waals surface area contributed by atoms with Crippen LogP contribution in [0, 0.1) is 13.8 Å². The van der Waals surface area contributed by atoms with E-state index >= 15 is 0 Å². The summed E-state index contributed by atoms with van der Waals surface area (Å²) in [6.07, 6.45) is 1.46. The Morgan fingerprint density at radius 3 is 2.71 bits per heavy atom. The van der Waals surface area contributed by atoms with Gasteiger partial charge in [-0.25, -0.2) is 8.42 Å². The number of benzene rings is 1. The first-order valence-corrected chi connectivity index (χ1v) is 7.78. The van der Waals surface area contributed by atoms with Gasteiger partial charge in [-0.15, -0.1) is 0 Å². The fourth-order valence-corrected chi connectivity index (χ4v) is 3.59. The molecule has 0 aliphatic carbocycles. The summed E-state index contributed by atoms with van der Waals surface area (Å²) >= 11 is 0. The smallest absolute Gasteiger partial charge is 0.264 e. The molecule has 0 amide bonds. The van der Waals surface area contributed by atoms with Crippen LogP contribution in [0.1, 0.15) is 11.4 Å². The highest BCUT2D eigenvalue weighted by Gasteiger charge is 2.21. The first-order valence-electron chi connectivity index (χ1n) is 6.29. The van der Waals surface area contributed by atoms with E-state index < -0.39 is 10.0 Å². The van der Waals surface area contributed by atoms with Crippen LogP contribution in [0.3, 0.4) is 0 Å². The number of aryl methyl sites for hydroxylation is 2. The molecule has 0 aliphatic rings. The fraction of sp³-hybridized carbons (Fsp3) is 0.154. The second-order valence-corrected chi connectivity index (χ2v) is 6.52. The van der Waals surface area contributed by atoms with Crippen molar-refractivity contribution in [2.45, 2.75) is 18.7 Å². The van der Waals surface area contributed by atoms with Crippen LogP contribution in [-0.2, 0) is 10.0 Å². The minimum absolute atomic E-state index is 0.178. The van der Waals surface area contributed by atoms with E-state index in [-0.39, 0.29) is 4.90 Å². The van der Waals surface area contributed by atoms with Crippen molar-refractivity contribution in [2.24, 2.45) is 0 Å². The van der Waals surface area contributed by atoms with Crippen molar-refractivity contribution < 1.29 is 8.42 Å². The zero-order valence-corrected chi connectivity index (χ0v) is 12.4. The van der Waals surface area contributed by atoms with Crippen LogP contribution in [0.4, 0.5) is 11.4 Å². The number of hydrogen-bond acceptors (Lipinski definition) is 4. The number of sulfonamides is 1. The monoisotopic (exact) mass is 305 g/mol. The van der Waals surface area contributed by atoms with E-state index in [1.165, 1.54) is 6.20 Å². The summed E-state index contributed by atoms with van der Waals surface area (Å²) < 4.78 is 27.7. The number of nitrogens with two attached hydrogens (primary N) is 1. The summed E-state index contributed by atoms with van der Waals surface area (Å²) in [7, 11) is -3.71. The average molecular weight is 305 g/mol. The van der Waals surface area contributed by atoms with Crippen LogP contribution in [0.5, 0.6) is 0 Å². The molecule has 0 bridgehead atoms. The molecular formula is C13H15N5O2S. The fourth-order valence-electron chi connectivity index (χ4n) is 2.23. The maximum absolute atomic E-state index is 12.6. The number of nitrogens with one attached hydrogen (secondary N) is 3. The van der Waals surface area contributed by atoms with E-state index in [1.807, 2.05) is 0 Å². The van der Waals surface area contributed by atoms with Crippen molar-refractivity contribution in [2.75, 3.05) is 10.5 Å². The molecule has 0 unspecified atom stereocenters. The molecule has 3 rings (SSSR count). The Bertz CT molecular complexity index is 904. The molecule has 0 spiro atoms. The third-order valence-electron chi connectivity index (χ3n) is 3.32. The van der Waals surface area contributed by atoms with E-state index in [0.29, 0.717) is 33.7 Å². The van der Waals surface area contributed by atoms with Gasteiger partial charge in [-0.2, -0.15) is 5.10 Å². The minimum atomic E-state index is -3.71. The third-order valence-corrected chi connectivity index (χ3v) is 4.71. The van der Waals surface area contributed by atoms with Crippen molar-refractivity contribution in [1.82, 2.24) is 15.2 Å². The molecule has 8 heteroatoms. The Morgan fingerprint density at radius 1 is 1.29 bits per heavy atom. The van der Waals surface area contributed by atoms with Gasteiger partial charge in [0.25, 0.3) is 10.0 Å². The Morgan fingerprint density at radius 2 is 2.05 bits per heavy atom. The number of aromatic amines is 2. The van der Waals surface area contributed by atoms with Gasteiger partial charge < -0.3 is 10.7 Å². The lowest BCUT2D eigenvalue weighted by Gasteiger charge is -2.07. The maximum Gasteiger partial charge on any atom is 0.264 e. The summed E-state index contributed by atoms with van der Waals surface area (Å²) in [5.41, 5.74) is 8.68. The van der Waals surface area contributed by atoms with Crippen LogP contribution < -0.4 is 10.5 Å². The van der Waals surface area contributed by atoms with Gasteiger partial charge in [0.15, 0.2) is 0 Å². The van der Waals surface area contributed by atoms with E-state index in [1.54, 1.807) is 32.0 Å². The number of hydrogen-bond donors (Lipinski definition) is 4. The van der Waals surface area contributed by atoms with Crippen molar-refractivity contribution in [3.8, 4) is 0 Å². The van der Waals surface area contributed by atoms with E-state index in [2.05, 4.69) is 19.9 Å². The Balaban J connectivity index is 2.09. The Hall–Kier alpha value is -2.48. The van der Waals surface area contributed by atoms with E-state index in [0.717, 1.165) is 0 Å². The predicted molar refractivity (Wildman–Crippen MR) is 81.6 cm³/mol. The molecular weight excluding hydrogens is 290 g/mol. The summed E-state index contributed by atoms with van der Waals surface area (Å²) in [5, 5.41) is 7.32. The first kappa shape index (κ1) is 13.5. The van der Waals surface area contributed by atoms with Gasteiger partial charge in [-0.1, -0.05) is 0 Å². The Kier molecular flexibility index (Phi) is 2.91. The van der Waals surface area contributed by atoms with Gasteiger partial charge in [0.1, 0.15) is 4.90 Å². The van der Waals surface area contributed by atoms with E-state index in [4.69, 9.17) is 5.73 Å². The molecule has 110 valence electrons. The zero-order chi connectivity index (χ0) is 15.2. The molecule has 2 aromatic heterocycles. The normalized spacial score (nSPS) is 11.9.